The largest absolute Gasteiger partial charge is 0.493 e. The molecule has 3 rings (SSSR count). The van der Waals surface area contributed by atoms with Gasteiger partial charge in [0, 0.05) is 12.6 Å². The van der Waals surface area contributed by atoms with E-state index in [9.17, 15) is 9.18 Å². The molecule has 0 saturated carbocycles. The van der Waals surface area contributed by atoms with Gasteiger partial charge in [-0.2, -0.15) is 0 Å². The fraction of sp³-hybridized carbons (Fsp3) is 0.318. The Morgan fingerprint density at radius 3 is 2.75 bits per heavy atom. The quantitative estimate of drug-likeness (QED) is 0.709. The molecule has 0 N–H and O–H groups in total. The summed E-state index contributed by atoms with van der Waals surface area (Å²) in [6.45, 7) is 3.83. The third-order valence-electron chi connectivity index (χ3n) is 4.53. The average molecular weight is 385 g/mol. The molecule has 1 amide bonds. The molecule has 0 aliphatic carbocycles. The molecule has 1 atom stereocenters. The van der Waals surface area contributed by atoms with E-state index in [1.807, 2.05) is 25.1 Å². The lowest BCUT2D eigenvalue weighted by atomic mass is 10.1. The molecule has 1 heterocycles. The van der Waals surface area contributed by atoms with Crippen molar-refractivity contribution in [2.24, 2.45) is 0 Å². The third-order valence-corrected chi connectivity index (χ3v) is 4.53. The maximum absolute atomic E-state index is 13.1. The Bertz CT molecular complexity index is 835. The van der Waals surface area contributed by atoms with Gasteiger partial charge in [-0.05, 0) is 48.4 Å². The van der Waals surface area contributed by atoms with E-state index in [4.69, 9.17) is 14.2 Å². The molecule has 2 aromatic rings. The van der Waals surface area contributed by atoms with E-state index in [1.165, 1.54) is 12.1 Å². The molecule has 28 heavy (non-hydrogen) atoms. The number of carbonyl (C=O) groups excluding carboxylic acids is 1. The van der Waals surface area contributed by atoms with Gasteiger partial charge < -0.3 is 19.1 Å². The van der Waals surface area contributed by atoms with Crippen molar-refractivity contribution >= 4 is 12.0 Å². The van der Waals surface area contributed by atoms with Crippen molar-refractivity contribution in [3.05, 3.63) is 65.5 Å². The van der Waals surface area contributed by atoms with Crippen LogP contribution in [0.15, 0.2) is 48.5 Å². The van der Waals surface area contributed by atoms with E-state index in [0.717, 1.165) is 11.1 Å². The Balaban J connectivity index is 1.66. The highest BCUT2D eigenvalue weighted by molar-refractivity contribution is 5.92. The van der Waals surface area contributed by atoms with Gasteiger partial charge >= 0.3 is 0 Å². The fourth-order valence-corrected chi connectivity index (χ4v) is 3.07. The molecule has 1 aliphatic heterocycles. The minimum atomic E-state index is -0.290. The molecular weight excluding hydrogens is 361 g/mol. The Kier molecular flexibility index (Phi) is 6.66. The van der Waals surface area contributed by atoms with Crippen molar-refractivity contribution in [3.63, 3.8) is 0 Å². The van der Waals surface area contributed by atoms with Crippen molar-refractivity contribution in [3.8, 4) is 11.5 Å². The van der Waals surface area contributed by atoms with Gasteiger partial charge in [0.15, 0.2) is 11.5 Å². The van der Waals surface area contributed by atoms with Crippen LogP contribution in [-0.4, -0.2) is 44.2 Å². The van der Waals surface area contributed by atoms with Crippen LogP contribution in [0.2, 0.25) is 0 Å². The summed E-state index contributed by atoms with van der Waals surface area (Å²) in [4.78, 5) is 14.3. The Morgan fingerprint density at radius 1 is 1.25 bits per heavy atom. The summed E-state index contributed by atoms with van der Waals surface area (Å²) in [6, 6.07) is 11.7. The molecule has 0 aromatic heterocycles. The minimum absolute atomic E-state index is 0.0933. The van der Waals surface area contributed by atoms with Crippen molar-refractivity contribution in [1.29, 1.82) is 0 Å². The predicted molar refractivity (Wildman–Crippen MR) is 105 cm³/mol. The highest BCUT2D eigenvalue weighted by Crippen LogP contribution is 2.28. The molecule has 0 spiro atoms. The van der Waals surface area contributed by atoms with E-state index >= 15 is 0 Å². The van der Waals surface area contributed by atoms with Crippen molar-refractivity contribution in [2.75, 3.05) is 33.4 Å². The van der Waals surface area contributed by atoms with Crippen LogP contribution >= 0.6 is 0 Å². The molecular formula is C22H24FNO4. The summed E-state index contributed by atoms with van der Waals surface area (Å²) in [5.74, 6) is 0.911. The SMILES string of the molecule is CCOc1cc(/C=C/C(=O)N2CCOC(c3ccc(F)cc3)C2)ccc1OC. The van der Waals surface area contributed by atoms with Gasteiger partial charge in [-0.15, -0.1) is 0 Å². The fourth-order valence-electron chi connectivity index (χ4n) is 3.07. The molecule has 0 radical (unpaired) electrons. The molecule has 148 valence electrons. The van der Waals surface area contributed by atoms with Crippen LogP contribution in [0.4, 0.5) is 4.39 Å². The molecule has 1 saturated heterocycles. The van der Waals surface area contributed by atoms with E-state index in [2.05, 4.69) is 0 Å². The number of rotatable bonds is 6. The van der Waals surface area contributed by atoms with Crippen LogP contribution in [0, 0.1) is 5.82 Å². The van der Waals surface area contributed by atoms with E-state index < -0.39 is 0 Å². The first-order valence-electron chi connectivity index (χ1n) is 9.25. The van der Waals surface area contributed by atoms with Crippen LogP contribution in [-0.2, 0) is 9.53 Å². The molecule has 1 aliphatic rings. The normalized spacial score (nSPS) is 17.0. The monoisotopic (exact) mass is 385 g/mol. The van der Waals surface area contributed by atoms with Gasteiger partial charge in [0.25, 0.3) is 0 Å². The average Bonchev–Trinajstić information content (AvgIpc) is 2.73. The van der Waals surface area contributed by atoms with Crippen molar-refractivity contribution in [1.82, 2.24) is 4.90 Å². The molecule has 6 heteroatoms. The number of halogens is 1. The maximum atomic E-state index is 13.1. The van der Waals surface area contributed by atoms with E-state index in [1.54, 1.807) is 36.3 Å². The lowest BCUT2D eigenvalue weighted by Gasteiger charge is -2.32. The molecule has 2 aromatic carbocycles. The molecule has 1 fully saturated rings. The van der Waals surface area contributed by atoms with Gasteiger partial charge in [-0.1, -0.05) is 18.2 Å². The maximum Gasteiger partial charge on any atom is 0.246 e. The number of morpholine rings is 1. The molecule has 1 unspecified atom stereocenters. The first-order chi connectivity index (χ1) is 13.6. The first-order valence-corrected chi connectivity index (χ1v) is 9.25. The third kappa shape index (κ3) is 4.89. The zero-order valence-electron chi connectivity index (χ0n) is 16.1. The highest BCUT2D eigenvalue weighted by Gasteiger charge is 2.24. The van der Waals surface area contributed by atoms with Crippen molar-refractivity contribution < 1.29 is 23.4 Å². The highest BCUT2D eigenvalue weighted by atomic mass is 19.1. The number of methoxy groups -OCH3 is 1. The second kappa shape index (κ2) is 9.37. The zero-order chi connectivity index (χ0) is 19.9. The van der Waals surface area contributed by atoms with Gasteiger partial charge in [0.2, 0.25) is 5.91 Å². The van der Waals surface area contributed by atoms with Crippen LogP contribution in [0.5, 0.6) is 11.5 Å². The van der Waals surface area contributed by atoms with Gasteiger partial charge in [-0.3, -0.25) is 4.79 Å². The summed E-state index contributed by atoms with van der Waals surface area (Å²) in [7, 11) is 1.59. The van der Waals surface area contributed by atoms with Gasteiger partial charge in [0.05, 0.1) is 26.9 Å². The Labute approximate surface area is 164 Å². The first kappa shape index (κ1) is 19.9. The van der Waals surface area contributed by atoms with Crippen molar-refractivity contribution in [2.45, 2.75) is 13.0 Å². The Morgan fingerprint density at radius 2 is 2.04 bits per heavy atom. The van der Waals surface area contributed by atoms with Gasteiger partial charge in [0.1, 0.15) is 11.9 Å². The van der Waals surface area contributed by atoms with Crippen LogP contribution in [0.1, 0.15) is 24.2 Å². The number of nitrogens with zero attached hydrogens (tertiary/aromatic N) is 1. The lowest BCUT2D eigenvalue weighted by molar-refractivity contribution is -0.133. The number of hydrogen-bond donors (Lipinski definition) is 0. The second-order valence-corrected chi connectivity index (χ2v) is 6.37. The predicted octanol–water partition coefficient (Wildman–Crippen LogP) is 3.85. The Hall–Kier alpha value is -2.86. The number of ether oxygens (including phenoxy) is 3. The number of amides is 1. The summed E-state index contributed by atoms with van der Waals surface area (Å²) in [6.07, 6.45) is 3.05. The van der Waals surface area contributed by atoms with E-state index in [-0.39, 0.29) is 17.8 Å². The molecule has 0 bridgehead atoms. The van der Waals surface area contributed by atoms with E-state index in [0.29, 0.717) is 37.8 Å². The van der Waals surface area contributed by atoms with Crippen LogP contribution < -0.4 is 9.47 Å². The summed E-state index contributed by atoms with van der Waals surface area (Å²) >= 11 is 0. The van der Waals surface area contributed by atoms with Crippen LogP contribution in [0.3, 0.4) is 0 Å². The lowest BCUT2D eigenvalue weighted by Crippen LogP contribution is -2.41. The standard InChI is InChI=1S/C22H24FNO4/c1-3-27-20-14-16(4-10-19(20)26-2)5-11-22(25)24-12-13-28-21(15-24)17-6-8-18(23)9-7-17/h4-11,14,21H,3,12-13,15H2,1-2H3/b11-5+. The topological polar surface area (TPSA) is 48.0 Å². The number of carbonyl (C=O) groups is 1. The smallest absolute Gasteiger partial charge is 0.246 e. The second-order valence-electron chi connectivity index (χ2n) is 6.37. The number of hydrogen-bond acceptors (Lipinski definition) is 4. The van der Waals surface area contributed by atoms with Crippen LogP contribution in [0.25, 0.3) is 6.08 Å². The molecule has 5 nitrogen and oxygen atoms in total. The summed E-state index contributed by atoms with van der Waals surface area (Å²) < 4.78 is 29.7. The number of benzene rings is 2. The zero-order valence-corrected chi connectivity index (χ0v) is 16.1. The minimum Gasteiger partial charge on any atom is -0.493 e. The van der Waals surface area contributed by atoms with Gasteiger partial charge in [-0.25, -0.2) is 4.39 Å². The summed E-state index contributed by atoms with van der Waals surface area (Å²) in [5, 5.41) is 0. The summed E-state index contributed by atoms with van der Waals surface area (Å²) in [5.41, 5.74) is 1.71.